The summed E-state index contributed by atoms with van der Waals surface area (Å²) in [6.45, 7) is 3.01. The number of nitrogens with zero attached hydrogens (tertiary/aromatic N) is 3. The second-order valence-electron chi connectivity index (χ2n) is 5.86. The largest absolute Gasteiger partial charge is 0.381 e. The minimum absolute atomic E-state index is 0.0305. The van der Waals surface area contributed by atoms with E-state index in [1.807, 2.05) is 22.9 Å². The number of amides is 1. The van der Waals surface area contributed by atoms with Crippen molar-refractivity contribution in [1.29, 1.82) is 0 Å². The van der Waals surface area contributed by atoms with Crippen molar-refractivity contribution in [3.05, 3.63) is 30.2 Å². The highest BCUT2D eigenvalue weighted by Crippen LogP contribution is 2.23. The summed E-state index contributed by atoms with van der Waals surface area (Å²) in [5.74, 6) is 0.597. The zero-order valence-corrected chi connectivity index (χ0v) is 12.8. The van der Waals surface area contributed by atoms with Gasteiger partial charge in [-0.1, -0.05) is 0 Å². The lowest BCUT2D eigenvalue weighted by molar-refractivity contribution is 0.0902. The van der Waals surface area contributed by atoms with Gasteiger partial charge in [-0.2, -0.15) is 0 Å². The Kier molecular flexibility index (Phi) is 3.70. The molecule has 2 aromatic rings. The Morgan fingerprint density at radius 1 is 1.35 bits per heavy atom. The van der Waals surface area contributed by atoms with Crippen molar-refractivity contribution in [2.45, 2.75) is 25.4 Å². The summed E-state index contributed by atoms with van der Waals surface area (Å²) >= 11 is 0. The monoisotopic (exact) mass is 313 g/mol. The maximum atomic E-state index is 11.9. The molecule has 0 atom stereocenters. The third-order valence-electron chi connectivity index (χ3n) is 4.27. The summed E-state index contributed by atoms with van der Waals surface area (Å²) in [7, 11) is 0. The van der Waals surface area contributed by atoms with Crippen LogP contribution in [0.2, 0.25) is 0 Å². The fraction of sp³-hybridized carbons (Fsp3) is 0.438. The standard InChI is InChI=1S/C16H19N5O2/c22-15-14-9-11(10-21(14)6-5-17-15)13-1-4-18-16(20-13)19-12-2-7-23-8-3-12/h1,4,9-10,12H,2-3,5-8H2,(H,17,22)(H,18,19,20). The summed E-state index contributed by atoms with van der Waals surface area (Å²) in [6.07, 6.45) is 5.66. The summed E-state index contributed by atoms with van der Waals surface area (Å²) < 4.78 is 7.34. The van der Waals surface area contributed by atoms with E-state index >= 15 is 0 Å². The van der Waals surface area contributed by atoms with Crippen molar-refractivity contribution in [3.8, 4) is 11.3 Å². The van der Waals surface area contributed by atoms with Crippen molar-refractivity contribution in [3.63, 3.8) is 0 Å². The maximum absolute atomic E-state index is 11.9. The fourth-order valence-electron chi connectivity index (χ4n) is 3.02. The number of nitrogens with one attached hydrogen (secondary N) is 2. The molecule has 0 unspecified atom stereocenters. The molecular formula is C16H19N5O2. The van der Waals surface area contributed by atoms with Crippen LogP contribution in [0, 0.1) is 0 Å². The Morgan fingerprint density at radius 3 is 3.04 bits per heavy atom. The van der Waals surface area contributed by atoms with Gasteiger partial charge in [-0.05, 0) is 25.0 Å². The lowest BCUT2D eigenvalue weighted by Gasteiger charge is -2.23. The van der Waals surface area contributed by atoms with Gasteiger partial charge in [0.15, 0.2) is 0 Å². The average molecular weight is 313 g/mol. The Labute approximate surface area is 134 Å². The van der Waals surface area contributed by atoms with Crippen molar-refractivity contribution < 1.29 is 9.53 Å². The van der Waals surface area contributed by atoms with E-state index in [4.69, 9.17) is 4.74 Å². The number of carbonyl (C=O) groups is 1. The van der Waals surface area contributed by atoms with Crippen LogP contribution in [0.3, 0.4) is 0 Å². The zero-order valence-electron chi connectivity index (χ0n) is 12.8. The Hall–Kier alpha value is -2.41. The van der Waals surface area contributed by atoms with Gasteiger partial charge in [0.2, 0.25) is 5.95 Å². The first-order valence-corrected chi connectivity index (χ1v) is 7.96. The second-order valence-corrected chi connectivity index (χ2v) is 5.86. The molecule has 2 N–H and O–H groups in total. The fourth-order valence-corrected chi connectivity index (χ4v) is 3.02. The van der Waals surface area contributed by atoms with Crippen LogP contribution in [-0.2, 0) is 11.3 Å². The quantitative estimate of drug-likeness (QED) is 0.892. The number of rotatable bonds is 3. The molecule has 7 nitrogen and oxygen atoms in total. The first-order chi connectivity index (χ1) is 11.3. The smallest absolute Gasteiger partial charge is 0.267 e. The van der Waals surface area contributed by atoms with Crippen molar-refractivity contribution in [2.24, 2.45) is 0 Å². The van der Waals surface area contributed by atoms with Crippen molar-refractivity contribution in [2.75, 3.05) is 25.1 Å². The highest BCUT2D eigenvalue weighted by molar-refractivity contribution is 5.94. The van der Waals surface area contributed by atoms with E-state index in [9.17, 15) is 4.79 Å². The van der Waals surface area contributed by atoms with Gasteiger partial charge in [0, 0.05) is 50.3 Å². The normalized spacial score (nSPS) is 18.3. The minimum Gasteiger partial charge on any atom is -0.381 e. The Bertz CT molecular complexity index is 721. The number of hydrogen-bond donors (Lipinski definition) is 2. The molecule has 120 valence electrons. The van der Waals surface area contributed by atoms with Crippen molar-refractivity contribution >= 4 is 11.9 Å². The van der Waals surface area contributed by atoms with E-state index < -0.39 is 0 Å². The molecule has 1 amide bonds. The molecule has 0 radical (unpaired) electrons. The Morgan fingerprint density at radius 2 is 2.22 bits per heavy atom. The van der Waals surface area contributed by atoms with Crippen LogP contribution in [0.4, 0.5) is 5.95 Å². The van der Waals surface area contributed by atoms with E-state index in [-0.39, 0.29) is 5.91 Å². The van der Waals surface area contributed by atoms with Gasteiger partial charge in [-0.3, -0.25) is 4.79 Å². The predicted octanol–water partition coefficient (Wildman–Crippen LogP) is 1.28. The summed E-state index contributed by atoms with van der Waals surface area (Å²) in [4.78, 5) is 20.8. The molecule has 4 heterocycles. The number of aromatic nitrogens is 3. The Balaban J connectivity index is 1.57. The minimum atomic E-state index is -0.0305. The lowest BCUT2D eigenvalue weighted by Crippen LogP contribution is -2.34. The molecule has 0 bridgehead atoms. The van der Waals surface area contributed by atoms with E-state index in [1.54, 1.807) is 6.20 Å². The first-order valence-electron chi connectivity index (χ1n) is 7.96. The van der Waals surface area contributed by atoms with Crippen LogP contribution in [0.1, 0.15) is 23.3 Å². The second kappa shape index (κ2) is 6.00. The van der Waals surface area contributed by atoms with Gasteiger partial charge in [-0.25, -0.2) is 9.97 Å². The highest BCUT2D eigenvalue weighted by Gasteiger charge is 2.19. The summed E-state index contributed by atoms with van der Waals surface area (Å²) in [5.41, 5.74) is 2.45. The van der Waals surface area contributed by atoms with Gasteiger partial charge < -0.3 is 19.9 Å². The first kappa shape index (κ1) is 14.2. The number of anilines is 1. The van der Waals surface area contributed by atoms with Gasteiger partial charge in [-0.15, -0.1) is 0 Å². The number of fused-ring (bicyclic) bond motifs is 1. The van der Waals surface area contributed by atoms with Crippen LogP contribution >= 0.6 is 0 Å². The van der Waals surface area contributed by atoms with Crippen LogP contribution < -0.4 is 10.6 Å². The molecule has 7 heteroatoms. The van der Waals surface area contributed by atoms with Crippen molar-refractivity contribution in [1.82, 2.24) is 19.9 Å². The van der Waals surface area contributed by atoms with Crippen LogP contribution in [0.15, 0.2) is 24.5 Å². The van der Waals surface area contributed by atoms with Gasteiger partial charge in [0.05, 0.1) is 5.69 Å². The zero-order chi connectivity index (χ0) is 15.6. The average Bonchev–Trinajstić information content (AvgIpc) is 3.02. The van der Waals surface area contributed by atoms with E-state index in [1.165, 1.54) is 0 Å². The lowest BCUT2D eigenvalue weighted by atomic mass is 10.1. The molecule has 0 saturated carbocycles. The summed E-state index contributed by atoms with van der Waals surface area (Å²) in [5, 5.41) is 6.23. The molecule has 4 rings (SSSR count). The van der Waals surface area contributed by atoms with Gasteiger partial charge >= 0.3 is 0 Å². The maximum Gasteiger partial charge on any atom is 0.267 e. The molecule has 2 aromatic heterocycles. The molecular weight excluding hydrogens is 294 g/mol. The SMILES string of the molecule is O=C1NCCn2cc(-c3ccnc(NC4CCOCC4)n3)cc21. The molecule has 0 spiro atoms. The number of carbonyl (C=O) groups excluding carboxylic acids is 1. The van der Waals surface area contributed by atoms with Gasteiger partial charge in [0.1, 0.15) is 5.69 Å². The molecule has 1 fully saturated rings. The molecule has 2 aliphatic rings. The van der Waals surface area contributed by atoms with E-state index in [2.05, 4.69) is 20.6 Å². The third kappa shape index (κ3) is 2.92. The predicted molar refractivity (Wildman–Crippen MR) is 85.3 cm³/mol. The van der Waals surface area contributed by atoms with Gasteiger partial charge in [0.25, 0.3) is 5.91 Å². The third-order valence-corrected chi connectivity index (χ3v) is 4.27. The summed E-state index contributed by atoms with van der Waals surface area (Å²) in [6, 6.07) is 4.11. The van der Waals surface area contributed by atoms with E-state index in [0.29, 0.717) is 24.2 Å². The topological polar surface area (TPSA) is 81.1 Å². The molecule has 2 aliphatic heterocycles. The number of ether oxygens (including phenoxy) is 1. The van der Waals surface area contributed by atoms with Crippen LogP contribution in [-0.4, -0.2) is 46.2 Å². The van der Waals surface area contributed by atoms with Crippen LogP contribution in [0.25, 0.3) is 11.3 Å². The van der Waals surface area contributed by atoms with Crippen LogP contribution in [0.5, 0.6) is 0 Å². The highest BCUT2D eigenvalue weighted by atomic mass is 16.5. The molecule has 0 aromatic carbocycles. The van der Waals surface area contributed by atoms with E-state index in [0.717, 1.165) is 43.9 Å². The molecule has 23 heavy (non-hydrogen) atoms. The molecule has 1 saturated heterocycles. The number of hydrogen-bond acceptors (Lipinski definition) is 5. The molecule has 0 aliphatic carbocycles.